The van der Waals surface area contributed by atoms with E-state index < -0.39 is 0 Å². The zero-order valence-electron chi connectivity index (χ0n) is 10.3. The maximum absolute atomic E-state index is 13.3. The number of halogens is 1. The van der Waals surface area contributed by atoms with Crippen LogP contribution in [-0.4, -0.2) is 19.3 Å². The average molecular weight is 237 g/mol. The van der Waals surface area contributed by atoms with Gasteiger partial charge < -0.3 is 10.1 Å². The van der Waals surface area contributed by atoms with Gasteiger partial charge in [0.25, 0.3) is 0 Å². The van der Waals surface area contributed by atoms with Gasteiger partial charge in [0.05, 0.1) is 6.10 Å². The maximum Gasteiger partial charge on any atom is 0.128 e. The highest BCUT2D eigenvalue weighted by Crippen LogP contribution is 2.19. The van der Waals surface area contributed by atoms with E-state index in [0.717, 1.165) is 31.7 Å². The van der Waals surface area contributed by atoms with Gasteiger partial charge in [-0.2, -0.15) is 0 Å². The summed E-state index contributed by atoms with van der Waals surface area (Å²) in [4.78, 5) is 0. The molecule has 1 aromatic rings. The van der Waals surface area contributed by atoms with Crippen LogP contribution in [0.4, 0.5) is 10.1 Å². The summed E-state index contributed by atoms with van der Waals surface area (Å²) in [6.45, 7) is 3.60. The van der Waals surface area contributed by atoms with Gasteiger partial charge in [-0.25, -0.2) is 4.39 Å². The molecule has 0 saturated carbocycles. The molecule has 1 aliphatic heterocycles. The Bertz CT molecular complexity index is 361. The third-order valence-electron chi connectivity index (χ3n) is 3.31. The first kappa shape index (κ1) is 12.4. The Morgan fingerprint density at radius 3 is 3.12 bits per heavy atom. The Morgan fingerprint density at radius 2 is 2.35 bits per heavy atom. The summed E-state index contributed by atoms with van der Waals surface area (Å²) >= 11 is 0. The first-order valence-corrected chi connectivity index (χ1v) is 6.38. The van der Waals surface area contributed by atoms with Crippen LogP contribution in [0.25, 0.3) is 0 Å². The van der Waals surface area contributed by atoms with E-state index in [1.807, 2.05) is 6.07 Å². The van der Waals surface area contributed by atoms with Crippen molar-refractivity contribution in [2.75, 3.05) is 18.5 Å². The molecule has 1 aliphatic rings. The first-order chi connectivity index (χ1) is 8.27. The summed E-state index contributed by atoms with van der Waals surface area (Å²) in [5.41, 5.74) is 1.60. The number of ether oxygens (including phenoxy) is 1. The first-order valence-electron chi connectivity index (χ1n) is 6.38. The molecule has 2 rings (SSSR count). The lowest BCUT2D eigenvalue weighted by molar-refractivity contribution is 0.103. The van der Waals surface area contributed by atoms with Gasteiger partial charge in [-0.15, -0.1) is 0 Å². The van der Waals surface area contributed by atoms with Crippen molar-refractivity contribution >= 4 is 5.69 Å². The molecule has 1 saturated heterocycles. The Kier molecular flexibility index (Phi) is 4.37. The van der Waals surface area contributed by atoms with Crippen molar-refractivity contribution in [1.82, 2.24) is 0 Å². The van der Waals surface area contributed by atoms with E-state index in [1.54, 1.807) is 13.0 Å². The standard InChI is InChI=1S/C14H20FNO/c1-11-13(15)7-2-8-14(11)16-9-3-5-12-6-4-10-17-12/h2,7-8,12,16H,3-6,9-10H2,1H3. The maximum atomic E-state index is 13.3. The molecule has 1 aromatic carbocycles. The summed E-state index contributed by atoms with van der Waals surface area (Å²) in [6, 6.07) is 5.15. The minimum Gasteiger partial charge on any atom is -0.385 e. The number of hydrogen-bond donors (Lipinski definition) is 1. The van der Waals surface area contributed by atoms with Crippen molar-refractivity contribution in [3.05, 3.63) is 29.6 Å². The zero-order chi connectivity index (χ0) is 12.1. The van der Waals surface area contributed by atoms with Crippen LogP contribution in [0.5, 0.6) is 0 Å². The van der Waals surface area contributed by atoms with Crippen LogP contribution in [0.3, 0.4) is 0 Å². The number of rotatable bonds is 5. The zero-order valence-corrected chi connectivity index (χ0v) is 10.3. The second-order valence-corrected chi connectivity index (χ2v) is 4.62. The summed E-state index contributed by atoms with van der Waals surface area (Å²) in [5, 5.41) is 3.28. The Morgan fingerprint density at radius 1 is 1.47 bits per heavy atom. The Labute approximate surface area is 102 Å². The predicted octanol–water partition coefficient (Wildman–Crippen LogP) is 3.51. The lowest BCUT2D eigenvalue weighted by Crippen LogP contribution is -2.09. The molecular weight excluding hydrogens is 217 g/mol. The van der Waals surface area contributed by atoms with Crippen molar-refractivity contribution in [2.45, 2.75) is 38.7 Å². The monoisotopic (exact) mass is 237 g/mol. The molecule has 0 aliphatic carbocycles. The van der Waals surface area contributed by atoms with Gasteiger partial charge >= 0.3 is 0 Å². The Balaban J connectivity index is 1.72. The van der Waals surface area contributed by atoms with Crippen molar-refractivity contribution in [2.24, 2.45) is 0 Å². The molecule has 0 spiro atoms. The van der Waals surface area contributed by atoms with E-state index >= 15 is 0 Å². The molecule has 3 heteroatoms. The molecule has 0 aromatic heterocycles. The third kappa shape index (κ3) is 3.43. The van der Waals surface area contributed by atoms with Gasteiger partial charge in [0.15, 0.2) is 0 Å². The lowest BCUT2D eigenvalue weighted by Gasteiger charge is -2.12. The van der Waals surface area contributed by atoms with Crippen molar-refractivity contribution in [3.8, 4) is 0 Å². The Hall–Kier alpha value is -1.09. The van der Waals surface area contributed by atoms with Crippen LogP contribution in [0.1, 0.15) is 31.2 Å². The molecule has 2 nitrogen and oxygen atoms in total. The van der Waals surface area contributed by atoms with Gasteiger partial charge in [0.2, 0.25) is 0 Å². The number of benzene rings is 1. The summed E-state index contributed by atoms with van der Waals surface area (Å²) in [6.07, 6.45) is 5.01. The van der Waals surface area contributed by atoms with Crippen molar-refractivity contribution in [3.63, 3.8) is 0 Å². The van der Waals surface area contributed by atoms with Crippen LogP contribution in [0.2, 0.25) is 0 Å². The van der Waals surface area contributed by atoms with E-state index in [-0.39, 0.29) is 5.82 Å². The summed E-state index contributed by atoms with van der Waals surface area (Å²) < 4.78 is 18.8. The minimum absolute atomic E-state index is 0.144. The molecule has 1 fully saturated rings. The van der Waals surface area contributed by atoms with E-state index in [1.165, 1.54) is 18.9 Å². The number of hydrogen-bond acceptors (Lipinski definition) is 2. The van der Waals surface area contributed by atoms with Gasteiger partial charge in [0, 0.05) is 24.4 Å². The molecule has 94 valence electrons. The fourth-order valence-electron chi connectivity index (χ4n) is 2.22. The van der Waals surface area contributed by atoms with Crippen LogP contribution in [0.15, 0.2) is 18.2 Å². The quantitative estimate of drug-likeness (QED) is 0.791. The van der Waals surface area contributed by atoms with E-state index in [2.05, 4.69) is 5.32 Å². The van der Waals surface area contributed by atoms with Crippen LogP contribution in [0, 0.1) is 12.7 Å². The van der Waals surface area contributed by atoms with Gasteiger partial charge in [0.1, 0.15) is 5.82 Å². The van der Waals surface area contributed by atoms with E-state index in [4.69, 9.17) is 4.74 Å². The molecule has 0 radical (unpaired) electrons. The van der Waals surface area contributed by atoms with Crippen LogP contribution >= 0.6 is 0 Å². The van der Waals surface area contributed by atoms with Crippen molar-refractivity contribution in [1.29, 1.82) is 0 Å². The fraction of sp³-hybridized carbons (Fsp3) is 0.571. The second-order valence-electron chi connectivity index (χ2n) is 4.62. The van der Waals surface area contributed by atoms with Gasteiger partial charge in [-0.3, -0.25) is 0 Å². The molecular formula is C14H20FNO. The smallest absolute Gasteiger partial charge is 0.128 e. The number of nitrogens with one attached hydrogen (secondary N) is 1. The second kappa shape index (κ2) is 6.01. The van der Waals surface area contributed by atoms with E-state index in [0.29, 0.717) is 11.7 Å². The van der Waals surface area contributed by atoms with Gasteiger partial charge in [-0.1, -0.05) is 6.07 Å². The lowest BCUT2D eigenvalue weighted by atomic mass is 10.1. The molecule has 1 heterocycles. The molecule has 17 heavy (non-hydrogen) atoms. The SMILES string of the molecule is Cc1c(F)cccc1NCCCC1CCCO1. The number of anilines is 1. The molecule has 0 bridgehead atoms. The summed E-state index contributed by atoms with van der Waals surface area (Å²) in [5.74, 6) is -0.144. The molecule has 1 N–H and O–H groups in total. The largest absolute Gasteiger partial charge is 0.385 e. The molecule has 1 unspecified atom stereocenters. The highest BCUT2D eigenvalue weighted by Gasteiger charge is 2.14. The van der Waals surface area contributed by atoms with E-state index in [9.17, 15) is 4.39 Å². The topological polar surface area (TPSA) is 21.3 Å². The fourth-order valence-corrected chi connectivity index (χ4v) is 2.22. The molecule has 0 amide bonds. The summed E-state index contributed by atoms with van der Waals surface area (Å²) in [7, 11) is 0. The van der Waals surface area contributed by atoms with Gasteiger partial charge in [-0.05, 0) is 44.7 Å². The van der Waals surface area contributed by atoms with Crippen LogP contribution in [-0.2, 0) is 4.74 Å². The average Bonchev–Trinajstić information content (AvgIpc) is 2.83. The predicted molar refractivity (Wildman–Crippen MR) is 67.8 cm³/mol. The highest BCUT2D eigenvalue weighted by molar-refractivity contribution is 5.50. The third-order valence-corrected chi connectivity index (χ3v) is 3.31. The molecule has 1 atom stereocenters. The van der Waals surface area contributed by atoms with Crippen LogP contribution < -0.4 is 5.32 Å². The normalized spacial score (nSPS) is 19.5. The van der Waals surface area contributed by atoms with Crippen molar-refractivity contribution < 1.29 is 9.13 Å². The highest BCUT2D eigenvalue weighted by atomic mass is 19.1. The minimum atomic E-state index is -0.144.